The molecule has 0 saturated carbocycles. The van der Waals surface area contributed by atoms with Crippen LogP contribution in [0.25, 0.3) is 0 Å². The quantitative estimate of drug-likeness (QED) is 0.583. The molecule has 0 aromatic rings. The fourth-order valence-corrected chi connectivity index (χ4v) is 1.03. The van der Waals surface area contributed by atoms with Gasteiger partial charge in [-0.2, -0.15) is 0 Å². The Morgan fingerprint density at radius 1 is 1.25 bits per heavy atom. The van der Waals surface area contributed by atoms with Gasteiger partial charge in [0.25, 0.3) is 0 Å². The Bertz CT molecular complexity index is 44.3. The number of alkyl halides is 1. The highest BCUT2D eigenvalue weighted by atomic mass is 79.9. The third-order valence-electron chi connectivity index (χ3n) is 1.65. The summed E-state index contributed by atoms with van der Waals surface area (Å²) in [6.45, 7) is 6.73. The van der Waals surface area contributed by atoms with Crippen molar-refractivity contribution in [1.29, 1.82) is 0 Å². The van der Waals surface area contributed by atoms with Gasteiger partial charge in [-0.3, -0.25) is 0 Å². The summed E-state index contributed by atoms with van der Waals surface area (Å²) >= 11 is 3.60. The lowest BCUT2D eigenvalue weighted by Crippen LogP contribution is -2.07. The Balaban J connectivity index is 3.29. The van der Waals surface area contributed by atoms with Gasteiger partial charge in [0.1, 0.15) is 0 Å². The summed E-state index contributed by atoms with van der Waals surface area (Å²) in [5.41, 5.74) is 0. The predicted molar refractivity (Wildman–Crippen MR) is 42.5 cm³/mol. The molecule has 0 aliphatic heterocycles. The van der Waals surface area contributed by atoms with Crippen LogP contribution in [0.2, 0.25) is 0 Å². The first-order valence-electron chi connectivity index (χ1n) is 3.36. The minimum atomic E-state index is 0.729. The van der Waals surface area contributed by atoms with E-state index in [0.29, 0.717) is 0 Å². The van der Waals surface area contributed by atoms with Crippen molar-refractivity contribution in [3.05, 3.63) is 0 Å². The standard InChI is InChI=1S/C7H15Br/c1-4-6(3)7(8)5-2/h6-7H,4-5H2,1-3H3. The zero-order valence-corrected chi connectivity index (χ0v) is 7.53. The van der Waals surface area contributed by atoms with Crippen LogP contribution < -0.4 is 0 Å². The van der Waals surface area contributed by atoms with Crippen molar-refractivity contribution in [3.63, 3.8) is 0 Å². The largest absolute Gasteiger partial charge is 0.0888 e. The van der Waals surface area contributed by atoms with E-state index in [1.165, 1.54) is 12.8 Å². The minimum Gasteiger partial charge on any atom is -0.0888 e. The van der Waals surface area contributed by atoms with E-state index in [0.717, 1.165) is 10.7 Å². The van der Waals surface area contributed by atoms with Crippen molar-refractivity contribution in [3.8, 4) is 0 Å². The van der Waals surface area contributed by atoms with Gasteiger partial charge in [0.05, 0.1) is 0 Å². The molecule has 0 heterocycles. The van der Waals surface area contributed by atoms with E-state index in [1.807, 2.05) is 0 Å². The maximum absolute atomic E-state index is 3.60. The van der Waals surface area contributed by atoms with Crippen LogP contribution in [0.15, 0.2) is 0 Å². The fourth-order valence-electron chi connectivity index (χ4n) is 0.658. The number of rotatable bonds is 3. The lowest BCUT2D eigenvalue weighted by molar-refractivity contribution is 0.531. The van der Waals surface area contributed by atoms with Gasteiger partial charge in [0, 0.05) is 4.83 Å². The summed E-state index contributed by atoms with van der Waals surface area (Å²) in [7, 11) is 0. The van der Waals surface area contributed by atoms with E-state index in [9.17, 15) is 0 Å². The van der Waals surface area contributed by atoms with E-state index in [1.54, 1.807) is 0 Å². The molecule has 0 saturated heterocycles. The Morgan fingerprint density at radius 3 is 1.88 bits per heavy atom. The average Bonchev–Trinajstić information content (AvgIpc) is 1.84. The smallest absolute Gasteiger partial charge is 0.0168 e. The molecule has 0 N–H and O–H groups in total. The normalized spacial score (nSPS) is 18.0. The van der Waals surface area contributed by atoms with Crippen LogP contribution in [0.3, 0.4) is 0 Å². The van der Waals surface area contributed by atoms with Gasteiger partial charge in [0.2, 0.25) is 0 Å². The zero-order chi connectivity index (χ0) is 6.57. The van der Waals surface area contributed by atoms with Crippen LogP contribution in [-0.4, -0.2) is 4.83 Å². The molecule has 0 aliphatic carbocycles. The SMILES string of the molecule is CCC(C)C(Br)CC. The number of hydrogen-bond donors (Lipinski definition) is 0. The van der Waals surface area contributed by atoms with Gasteiger partial charge in [-0.15, -0.1) is 0 Å². The molecule has 0 radical (unpaired) electrons. The summed E-state index contributed by atoms with van der Waals surface area (Å²) < 4.78 is 0. The van der Waals surface area contributed by atoms with E-state index >= 15 is 0 Å². The summed E-state index contributed by atoms with van der Waals surface area (Å²) in [6, 6.07) is 0. The molecular weight excluding hydrogens is 164 g/mol. The Labute approximate surface area is 60.8 Å². The van der Waals surface area contributed by atoms with Crippen LogP contribution >= 0.6 is 15.9 Å². The minimum absolute atomic E-state index is 0.729. The van der Waals surface area contributed by atoms with Gasteiger partial charge in [-0.05, 0) is 12.3 Å². The van der Waals surface area contributed by atoms with Crippen molar-refractivity contribution in [1.82, 2.24) is 0 Å². The van der Waals surface area contributed by atoms with E-state index in [2.05, 4.69) is 36.7 Å². The molecule has 0 spiro atoms. The van der Waals surface area contributed by atoms with Crippen LogP contribution in [-0.2, 0) is 0 Å². The van der Waals surface area contributed by atoms with Crippen LogP contribution in [0.4, 0.5) is 0 Å². The molecule has 8 heavy (non-hydrogen) atoms. The van der Waals surface area contributed by atoms with Gasteiger partial charge in [0.15, 0.2) is 0 Å². The summed E-state index contributed by atoms with van der Waals surface area (Å²) in [6.07, 6.45) is 2.53. The Kier molecular flexibility index (Phi) is 4.63. The second kappa shape index (κ2) is 4.37. The van der Waals surface area contributed by atoms with Gasteiger partial charge in [-0.1, -0.05) is 43.1 Å². The van der Waals surface area contributed by atoms with Crippen LogP contribution in [0.5, 0.6) is 0 Å². The third-order valence-corrected chi connectivity index (χ3v) is 3.20. The van der Waals surface area contributed by atoms with Gasteiger partial charge in [-0.25, -0.2) is 0 Å². The first kappa shape index (κ1) is 8.48. The first-order chi connectivity index (χ1) is 3.72. The molecule has 0 aromatic heterocycles. The van der Waals surface area contributed by atoms with E-state index < -0.39 is 0 Å². The molecule has 2 unspecified atom stereocenters. The van der Waals surface area contributed by atoms with Crippen molar-refractivity contribution in [2.75, 3.05) is 0 Å². The molecule has 2 atom stereocenters. The molecule has 0 amide bonds. The molecular formula is C7H15Br. The van der Waals surface area contributed by atoms with E-state index in [-0.39, 0.29) is 0 Å². The zero-order valence-electron chi connectivity index (χ0n) is 5.95. The highest BCUT2D eigenvalue weighted by molar-refractivity contribution is 9.09. The lowest BCUT2D eigenvalue weighted by atomic mass is 10.0. The molecule has 50 valence electrons. The topological polar surface area (TPSA) is 0 Å². The second-order valence-electron chi connectivity index (χ2n) is 2.31. The highest BCUT2D eigenvalue weighted by Crippen LogP contribution is 2.18. The van der Waals surface area contributed by atoms with Crippen molar-refractivity contribution in [2.45, 2.75) is 38.4 Å². The fraction of sp³-hybridized carbons (Fsp3) is 1.00. The van der Waals surface area contributed by atoms with Crippen molar-refractivity contribution in [2.24, 2.45) is 5.92 Å². The summed E-state index contributed by atoms with van der Waals surface area (Å²) in [5, 5.41) is 0. The molecule has 0 aromatic carbocycles. The molecule has 0 nitrogen and oxygen atoms in total. The van der Waals surface area contributed by atoms with Crippen molar-refractivity contribution < 1.29 is 0 Å². The van der Waals surface area contributed by atoms with Crippen molar-refractivity contribution >= 4 is 15.9 Å². The maximum atomic E-state index is 3.60. The number of halogens is 1. The van der Waals surface area contributed by atoms with E-state index in [4.69, 9.17) is 0 Å². The molecule has 0 bridgehead atoms. The Morgan fingerprint density at radius 2 is 1.75 bits per heavy atom. The number of hydrogen-bond acceptors (Lipinski definition) is 0. The monoisotopic (exact) mass is 178 g/mol. The first-order valence-corrected chi connectivity index (χ1v) is 4.28. The van der Waals surface area contributed by atoms with Crippen LogP contribution in [0, 0.1) is 5.92 Å². The predicted octanol–water partition coefficient (Wildman–Crippen LogP) is 3.21. The van der Waals surface area contributed by atoms with Crippen LogP contribution in [0.1, 0.15) is 33.6 Å². The average molecular weight is 179 g/mol. The maximum Gasteiger partial charge on any atom is 0.0168 e. The third kappa shape index (κ3) is 2.71. The van der Waals surface area contributed by atoms with Gasteiger partial charge < -0.3 is 0 Å². The lowest BCUT2D eigenvalue weighted by Gasteiger charge is -2.12. The molecule has 0 fully saturated rings. The Hall–Kier alpha value is 0.480. The second-order valence-corrected chi connectivity index (χ2v) is 3.49. The molecule has 1 heteroatoms. The summed E-state index contributed by atoms with van der Waals surface area (Å²) in [4.78, 5) is 0.729. The molecule has 0 rings (SSSR count). The highest BCUT2D eigenvalue weighted by Gasteiger charge is 2.07. The van der Waals surface area contributed by atoms with Gasteiger partial charge >= 0.3 is 0 Å². The molecule has 0 aliphatic rings. The summed E-state index contributed by atoms with van der Waals surface area (Å²) in [5.74, 6) is 0.833.